The molecule has 0 fully saturated rings. The topological polar surface area (TPSA) is 84.1 Å². The third-order valence-corrected chi connectivity index (χ3v) is 5.27. The number of H-pyrrole nitrogens is 1. The number of carbonyl (C=O) groups excluding carboxylic acids is 2. The van der Waals surface area contributed by atoms with Gasteiger partial charge in [0.05, 0.1) is 23.1 Å². The lowest BCUT2D eigenvalue weighted by Gasteiger charge is -2.25. The number of nitrogens with one attached hydrogen (secondary N) is 2. The van der Waals surface area contributed by atoms with E-state index >= 15 is 0 Å². The molecule has 0 radical (unpaired) electrons. The van der Waals surface area contributed by atoms with E-state index in [2.05, 4.69) is 15.3 Å². The number of aromatic nitrogens is 2. The summed E-state index contributed by atoms with van der Waals surface area (Å²) in [5, 5.41) is 2.89. The van der Waals surface area contributed by atoms with Crippen molar-refractivity contribution in [3.8, 4) is 0 Å². The number of hydrogen-bond donors (Lipinski definition) is 2. The quantitative estimate of drug-likeness (QED) is 0.511. The van der Waals surface area contributed by atoms with Gasteiger partial charge in [0.15, 0.2) is 0 Å². The summed E-state index contributed by atoms with van der Waals surface area (Å²) < 4.78 is 5.58. The van der Waals surface area contributed by atoms with Gasteiger partial charge in [0.1, 0.15) is 11.9 Å². The molecule has 5 rings (SSSR count). The molecular weight excluding hydrogens is 378 g/mol. The summed E-state index contributed by atoms with van der Waals surface area (Å²) in [6.45, 7) is 0.291. The summed E-state index contributed by atoms with van der Waals surface area (Å²) in [7, 11) is 0. The molecule has 1 unspecified atom stereocenters. The molecule has 2 heterocycles. The fourth-order valence-corrected chi connectivity index (χ4v) is 3.75. The Hall–Kier alpha value is -3.93. The summed E-state index contributed by atoms with van der Waals surface area (Å²) in [5.74, 6) is 0.114. The standard InChI is InChI=1S/C24H19N3O3/c28-23(25-14-22-26-19-8-4-5-9-20(19)27-22)16-10-11-18-17(12-16)13-21(30-24(18)29)15-6-2-1-3-7-15/h1-12,21H,13-14H2,(H,25,28)(H,26,27). The van der Waals surface area contributed by atoms with Crippen molar-refractivity contribution in [2.24, 2.45) is 0 Å². The first-order valence-corrected chi connectivity index (χ1v) is 9.78. The van der Waals surface area contributed by atoms with Gasteiger partial charge in [-0.05, 0) is 41.5 Å². The molecule has 1 aliphatic rings. The second-order valence-electron chi connectivity index (χ2n) is 7.26. The minimum absolute atomic E-state index is 0.214. The van der Waals surface area contributed by atoms with E-state index < -0.39 is 0 Å². The fraction of sp³-hybridized carbons (Fsp3) is 0.125. The maximum Gasteiger partial charge on any atom is 0.339 e. The molecule has 1 aliphatic heterocycles. The molecule has 1 atom stereocenters. The van der Waals surface area contributed by atoms with Crippen molar-refractivity contribution in [3.05, 3.63) is 101 Å². The molecule has 0 spiro atoms. The molecule has 1 amide bonds. The van der Waals surface area contributed by atoms with Gasteiger partial charge in [0.25, 0.3) is 5.91 Å². The van der Waals surface area contributed by atoms with Gasteiger partial charge in [-0.2, -0.15) is 0 Å². The first kappa shape index (κ1) is 18.1. The Morgan fingerprint density at radius 1 is 1.07 bits per heavy atom. The normalized spacial score (nSPS) is 15.5. The van der Waals surface area contributed by atoms with Crippen molar-refractivity contribution in [2.75, 3.05) is 0 Å². The Morgan fingerprint density at radius 3 is 2.70 bits per heavy atom. The van der Waals surface area contributed by atoms with Gasteiger partial charge in [0.2, 0.25) is 0 Å². The Balaban J connectivity index is 1.33. The van der Waals surface area contributed by atoms with Crippen LogP contribution in [0.3, 0.4) is 0 Å². The van der Waals surface area contributed by atoms with E-state index in [9.17, 15) is 9.59 Å². The molecule has 3 aromatic carbocycles. The molecule has 6 nitrogen and oxygen atoms in total. The number of para-hydroxylation sites is 2. The lowest BCUT2D eigenvalue weighted by atomic mass is 9.93. The van der Waals surface area contributed by atoms with Gasteiger partial charge in [0, 0.05) is 12.0 Å². The molecule has 0 aliphatic carbocycles. The summed E-state index contributed by atoms with van der Waals surface area (Å²) in [5.41, 5.74) is 4.57. The number of hydrogen-bond acceptors (Lipinski definition) is 4. The molecule has 4 aromatic rings. The SMILES string of the molecule is O=C(NCc1nc2ccccc2[nH]1)c1ccc2c(c1)CC(c1ccccc1)OC2=O. The number of ether oxygens (including phenoxy) is 1. The van der Waals surface area contributed by atoms with E-state index in [4.69, 9.17) is 4.74 Å². The molecule has 0 saturated heterocycles. The van der Waals surface area contributed by atoms with E-state index in [1.807, 2.05) is 54.6 Å². The van der Waals surface area contributed by atoms with Crippen LogP contribution >= 0.6 is 0 Å². The molecular formula is C24H19N3O3. The predicted octanol–water partition coefficient (Wildman–Crippen LogP) is 3.95. The first-order valence-electron chi connectivity index (χ1n) is 9.78. The van der Waals surface area contributed by atoms with Gasteiger partial charge < -0.3 is 15.0 Å². The number of cyclic esters (lactones) is 1. The number of nitrogens with zero attached hydrogens (tertiary/aromatic N) is 1. The number of carbonyl (C=O) groups is 2. The number of esters is 1. The van der Waals surface area contributed by atoms with Crippen molar-refractivity contribution in [2.45, 2.75) is 19.1 Å². The van der Waals surface area contributed by atoms with Crippen LogP contribution in [0, 0.1) is 0 Å². The number of aromatic amines is 1. The average molecular weight is 397 g/mol. The van der Waals surface area contributed by atoms with Gasteiger partial charge in [-0.3, -0.25) is 4.79 Å². The van der Waals surface area contributed by atoms with Crippen molar-refractivity contribution in [3.63, 3.8) is 0 Å². The zero-order chi connectivity index (χ0) is 20.5. The molecule has 2 N–H and O–H groups in total. The Labute approximate surface area is 172 Å². The average Bonchev–Trinajstić information content (AvgIpc) is 3.20. The highest BCUT2D eigenvalue weighted by molar-refractivity contribution is 5.97. The van der Waals surface area contributed by atoms with Crippen LogP contribution in [0.5, 0.6) is 0 Å². The molecule has 0 saturated carbocycles. The lowest BCUT2D eigenvalue weighted by molar-refractivity contribution is 0.0252. The van der Waals surface area contributed by atoms with Crippen LogP contribution in [0.25, 0.3) is 11.0 Å². The molecule has 6 heteroatoms. The Morgan fingerprint density at radius 2 is 1.87 bits per heavy atom. The highest BCUT2D eigenvalue weighted by Gasteiger charge is 2.28. The maximum atomic E-state index is 12.7. The van der Waals surface area contributed by atoms with Crippen LogP contribution in [-0.4, -0.2) is 21.8 Å². The zero-order valence-electron chi connectivity index (χ0n) is 16.1. The van der Waals surface area contributed by atoms with Crippen LogP contribution in [0.2, 0.25) is 0 Å². The second-order valence-corrected chi connectivity index (χ2v) is 7.26. The number of imidazole rings is 1. The van der Waals surface area contributed by atoms with Gasteiger partial charge in [-0.1, -0.05) is 42.5 Å². The van der Waals surface area contributed by atoms with Crippen LogP contribution in [0.4, 0.5) is 0 Å². The van der Waals surface area contributed by atoms with E-state index in [-0.39, 0.29) is 18.0 Å². The van der Waals surface area contributed by atoms with Gasteiger partial charge in [-0.25, -0.2) is 9.78 Å². The van der Waals surface area contributed by atoms with Crippen LogP contribution in [0.1, 0.15) is 43.8 Å². The lowest BCUT2D eigenvalue weighted by Crippen LogP contribution is -2.25. The monoisotopic (exact) mass is 397 g/mol. The van der Waals surface area contributed by atoms with Gasteiger partial charge >= 0.3 is 5.97 Å². The number of benzene rings is 3. The van der Waals surface area contributed by atoms with Gasteiger partial charge in [-0.15, -0.1) is 0 Å². The molecule has 0 bridgehead atoms. The van der Waals surface area contributed by atoms with E-state index in [0.717, 1.165) is 22.2 Å². The largest absolute Gasteiger partial charge is 0.454 e. The number of amides is 1. The van der Waals surface area contributed by atoms with Crippen molar-refractivity contribution in [1.29, 1.82) is 0 Å². The summed E-state index contributed by atoms with van der Waals surface area (Å²) in [6, 6.07) is 22.4. The van der Waals surface area contributed by atoms with Crippen LogP contribution in [0.15, 0.2) is 72.8 Å². The van der Waals surface area contributed by atoms with Crippen molar-refractivity contribution >= 4 is 22.9 Å². The summed E-state index contributed by atoms with van der Waals surface area (Å²) >= 11 is 0. The summed E-state index contributed by atoms with van der Waals surface area (Å²) in [6.07, 6.45) is 0.190. The third-order valence-electron chi connectivity index (χ3n) is 5.27. The maximum absolute atomic E-state index is 12.7. The summed E-state index contributed by atoms with van der Waals surface area (Å²) in [4.78, 5) is 32.8. The first-order chi connectivity index (χ1) is 14.7. The minimum atomic E-state index is -0.362. The predicted molar refractivity (Wildman–Crippen MR) is 112 cm³/mol. The van der Waals surface area contributed by atoms with Crippen molar-refractivity contribution < 1.29 is 14.3 Å². The molecule has 1 aromatic heterocycles. The minimum Gasteiger partial charge on any atom is -0.454 e. The van der Waals surface area contributed by atoms with Crippen LogP contribution in [-0.2, 0) is 17.7 Å². The van der Waals surface area contributed by atoms with Crippen LogP contribution < -0.4 is 5.32 Å². The Kier molecular flexibility index (Phi) is 4.52. The third kappa shape index (κ3) is 3.43. The second kappa shape index (κ2) is 7.48. The Bertz CT molecular complexity index is 1210. The van der Waals surface area contributed by atoms with Crippen molar-refractivity contribution in [1.82, 2.24) is 15.3 Å². The smallest absolute Gasteiger partial charge is 0.339 e. The van der Waals surface area contributed by atoms with E-state index in [0.29, 0.717) is 29.9 Å². The van der Waals surface area contributed by atoms with E-state index in [1.54, 1.807) is 18.2 Å². The highest BCUT2D eigenvalue weighted by atomic mass is 16.5. The number of rotatable bonds is 4. The number of fused-ring (bicyclic) bond motifs is 2. The fourth-order valence-electron chi connectivity index (χ4n) is 3.75. The highest BCUT2D eigenvalue weighted by Crippen LogP contribution is 2.31. The zero-order valence-corrected chi connectivity index (χ0v) is 16.1. The molecule has 148 valence electrons. The molecule has 30 heavy (non-hydrogen) atoms. The van der Waals surface area contributed by atoms with E-state index in [1.165, 1.54) is 0 Å².